The van der Waals surface area contributed by atoms with Gasteiger partial charge in [0.15, 0.2) is 17.5 Å². The smallest absolute Gasteiger partial charge is 0.165 e. The molecule has 0 aliphatic carbocycles. The fraction of sp³-hybridized carbons (Fsp3) is 0. The molecule has 0 aliphatic heterocycles. The lowest BCUT2D eigenvalue weighted by atomic mass is 9.91. The van der Waals surface area contributed by atoms with Crippen LogP contribution < -0.4 is 0 Å². The topological polar surface area (TPSA) is 38.7 Å². The van der Waals surface area contributed by atoms with Crippen LogP contribution in [0.2, 0.25) is 0 Å². The Kier molecular flexibility index (Phi) is 7.87. The van der Waals surface area contributed by atoms with Crippen molar-refractivity contribution in [2.75, 3.05) is 0 Å². The third-order valence-corrected chi connectivity index (χ3v) is 13.0. The first kappa shape index (κ1) is 32.6. The predicted octanol–water partition coefficient (Wildman–Crippen LogP) is 14.6. The van der Waals surface area contributed by atoms with Gasteiger partial charge < -0.3 is 0 Å². The first-order valence-electron chi connectivity index (χ1n) is 18.7. The van der Waals surface area contributed by atoms with Crippen molar-refractivity contribution in [1.82, 2.24) is 15.0 Å². The summed E-state index contributed by atoms with van der Waals surface area (Å²) in [5, 5.41) is 5.04. The molecule has 0 radical (unpaired) electrons. The molecular formula is C51H31N3S2. The molecule has 0 amide bonds. The van der Waals surface area contributed by atoms with E-state index in [4.69, 9.17) is 15.0 Å². The quantitative estimate of drug-likeness (QED) is 0.170. The van der Waals surface area contributed by atoms with Crippen molar-refractivity contribution < 1.29 is 0 Å². The molecule has 11 aromatic rings. The fourth-order valence-corrected chi connectivity index (χ4v) is 10.5. The summed E-state index contributed by atoms with van der Waals surface area (Å²) in [4.78, 5) is 15.2. The van der Waals surface area contributed by atoms with E-state index in [1.165, 1.54) is 73.7 Å². The van der Waals surface area contributed by atoms with Gasteiger partial charge in [-0.2, -0.15) is 0 Å². The summed E-state index contributed by atoms with van der Waals surface area (Å²) in [6.45, 7) is 0. The normalized spacial score (nSPS) is 11.6. The Morgan fingerprint density at radius 1 is 0.286 bits per heavy atom. The number of hydrogen-bond donors (Lipinski definition) is 0. The molecule has 0 saturated heterocycles. The van der Waals surface area contributed by atoms with Crippen molar-refractivity contribution in [3.63, 3.8) is 0 Å². The number of thiophene rings is 2. The highest BCUT2D eigenvalue weighted by Gasteiger charge is 2.21. The van der Waals surface area contributed by atoms with E-state index in [2.05, 4.69) is 152 Å². The van der Waals surface area contributed by atoms with Gasteiger partial charge in [0, 0.05) is 57.0 Å². The number of aromatic nitrogens is 3. The van der Waals surface area contributed by atoms with Crippen molar-refractivity contribution in [2.24, 2.45) is 0 Å². The van der Waals surface area contributed by atoms with Gasteiger partial charge in [0.1, 0.15) is 0 Å². The molecule has 0 saturated carbocycles. The minimum Gasteiger partial charge on any atom is -0.208 e. The second kappa shape index (κ2) is 13.5. The Balaban J connectivity index is 1.12. The van der Waals surface area contributed by atoms with Gasteiger partial charge in [0.2, 0.25) is 0 Å². The van der Waals surface area contributed by atoms with Crippen LogP contribution in [0.3, 0.4) is 0 Å². The average molecular weight is 750 g/mol. The summed E-state index contributed by atoms with van der Waals surface area (Å²) < 4.78 is 4.99. The van der Waals surface area contributed by atoms with E-state index >= 15 is 0 Å². The van der Waals surface area contributed by atoms with Crippen molar-refractivity contribution in [3.05, 3.63) is 188 Å². The minimum absolute atomic E-state index is 0.661. The molecule has 8 aromatic carbocycles. The lowest BCUT2D eigenvalue weighted by Crippen LogP contribution is -2.00. The van der Waals surface area contributed by atoms with Crippen molar-refractivity contribution in [1.29, 1.82) is 0 Å². The van der Waals surface area contributed by atoms with Gasteiger partial charge in [-0.05, 0) is 57.6 Å². The maximum Gasteiger partial charge on any atom is 0.165 e. The zero-order valence-electron chi connectivity index (χ0n) is 30.1. The molecule has 0 aliphatic rings. The molecule has 0 N–H and O–H groups in total. The SMILES string of the molecule is c1ccc(-c2cccc(-c3ccc(-c4cccc5sc6c(-c7nc(-c8ccccc8)nc(-c8ccccc8)n7)cccc6c45)c4c3sc3ccccc34)c2)cc1. The fourth-order valence-electron chi connectivity index (χ4n) is 7.95. The average Bonchev–Trinajstić information content (AvgIpc) is 3.86. The molecule has 3 heterocycles. The molecule has 0 bridgehead atoms. The third kappa shape index (κ3) is 5.51. The maximum absolute atomic E-state index is 5.12. The van der Waals surface area contributed by atoms with Crippen molar-refractivity contribution in [3.8, 4) is 67.5 Å². The minimum atomic E-state index is 0.661. The van der Waals surface area contributed by atoms with Gasteiger partial charge in [-0.1, -0.05) is 164 Å². The molecule has 3 nitrogen and oxygen atoms in total. The van der Waals surface area contributed by atoms with Crippen LogP contribution in [0, 0.1) is 0 Å². The van der Waals surface area contributed by atoms with Crippen LogP contribution >= 0.6 is 22.7 Å². The van der Waals surface area contributed by atoms with Crippen LogP contribution in [-0.4, -0.2) is 15.0 Å². The largest absolute Gasteiger partial charge is 0.208 e. The third-order valence-electron chi connectivity index (χ3n) is 10.6. The van der Waals surface area contributed by atoms with Crippen molar-refractivity contribution >= 4 is 63.0 Å². The molecule has 5 heteroatoms. The number of benzene rings is 8. The molecule has 0 spiro atoms. The highest BCUT2D eigenvalue weighted by molar-refractivity contribution is 7.27. The Morgan fingerprint density at radius 3 is 1.54 bits per heavy atom. The Labute approximate surface area is 331 Å². The van der Waals surface area contributed by atoms with Gasteiger partial charge in [-0.3, -0.25) is 0 Å². The first-order valence-corrected chi connectivity index (χ1v) is 20.3. The number of rotatable bonds is 6. The summed E-state index contributed by atoms with van der Waals surface area (Å²) in [6, 6.07) is 66.8. The summed E-state index contributed by atoms with van der Waals surface area (Å²) in [5.74, 6) is 1.99. The Bertz CT molecular complexity index is 3180. The zero-order chi connectivity index (χ0) is 37.0. The summed E-state index contributed by atoms with van der Waals surface area (Å²) >= 11 is 3.69. The molecule has 11 rings (SSSR count). The summed E-state index contributed by atoms with van der Waals surface area (Å²) in [6.07, 6.45) is 0. The highest BCUT2D eigenvalue weighted by Crippen LogP contribution is 2.49. The van der Waals surface area contributed by atoms with Crippen LogP contribution in [0.4, 0.5) is 0 Å². The van der Waals surface area contributed by atoms with Crippen LogP contribution in [0.15, 0.2) is 188 Å². The second-order valence-corrected chi connectivity index (χ2v) is 16.0. The van der Waals surface area contributed by atoms with Crippen LogP contribution in [0.5, 0.6) is 0 Å². The number of hydrogen-bond acceptors (Lipinski definition) is 5. The highest BCUT2D eigenvalue weighted by atomic mass is 32.1. The van der Waals surface area contributed by atoms with E-state index in [0.29, 0.717) is 17.5 Å². The summed E-state index contributed by atoms with van der Waals surface area (Å²) in [7, 11) is 0. The lowest BCUT2D eigenvalue weighted by Gasteiger charge is -2.12. The first-order chi connectivity index (χ1) is 27.8. The van der Waals surface area contributed by atoms with Crippen molar-refractivity contribution in [2.45, 2.75) is 0 Å². The molecular weight excluding hydrogens is 719 g/mol. The predicted molar refractivity (Wildman–Crippen MR) is 238 cm³/mol. The van der Waals surface area contributed by atoms with Gasteiger partial charge in [0.25, 0.3) is 0 Å². The number of nitrogens with zero attached hydrogens (tertiary/aromatic N) is 3. The van der Waals surface area contributed by atoms with E-state index in [-0.39, 0.29) is 0 Å². The van der Waals surface area contributed by atoms with Gasteiger partial charge in [-0.25, -0.2) is 15.0 Å². The van der Waals surface area contributed by atoms with Gasteiger partial charge in [0.05, 0.1) is 0 Å². The van der Waals surface area contributed by atoms with E-state index in [1.807, 2.05) is 59.1 Å². The molecule has 0 fully saturated rings. The standard InChI is InChI=1S/C51H31N3S2/c1-4-15-32(16-5-1)35-21-12-22-36(31-35)37-29-30-39(46-40-23-10-11-27-43(40)55-48(37)46)38-24-14-28-44-45(38)41-25-13-26-42(47(41)56-44)51-53-49(33-17-6-2-7-18-33)52-50(54-51)34-19-8-3-9-20-34/h1-31H. The molecule has 262 valence electrons. The lowest BCUT2D eigenvalue weighted by molar-refractivity contribution is 1.08. The van der Waals surface area contributed by atoms with Gasteiger partial charge >= 0.3 is 0 Å². The molecule has 56 heavy (non-hydrogen) atoms. The van der Waals surface area contributed by atoms with Crippen LogP contribution in [0.25, 0.3) is 108 Å². The van der Waals surface area contributed by atoms with E-state index in [1.54, 1.807) is 0 Å². The molecule has 3 aromatic heterocycles. The Hall–Kier alpha value is -6.79. The van der Waals surface area contributed by atoms with Crippen LogP contribution in [-0.2, 0) is 0 Å². The maximum atomic E-state index is 5.12. The van der Waals surface area contributed by atoms with E-state index in [9.17, 15) is 0 Å². The van der Waals surface area contributed by atoms with Crippen LogP contribution in [0.1, 0.15) is 0 Å². The van der Waals surface area contributed by atoms with E-state index < -0.39 is 0 Å². The zero-order valence-corrected chi connectivity index (χ0v) is 31.7. The van der Waals surface area contributed by atoms with Gasteiger partial charge in [-0.15, -0.1) is 22.7 Å². The molecule has 0 atom stereocenters. The monoisotopic (exact) mass is 749 g/mol. The number of fused-ring (bicyclic) bond motifs is 6. The van der Waals surface area contributed by atoms with E-state index in [0.717, 1.165) is 16.7 Å². The summed E-state index contributed by atoms with van der Waals surface area (Å²) in [5.41, 5.74) is 10.3. The second-order valence-electron chi connectivity index (χ2n) is 13.9. The molecule has 0 unspecified atom stereocenters. The Morgan fingerprint density at radius 2 is 0.786 bits per heavy atom.